The van der Waals surface area contributed by atoms with Gasteiger partial charge in [0.2, 0.25) is 5.91 Å². The van der Waals surface area contributed by atoms with Crippen LogP contribution >= 0.6 is 0 Å². The molecule has 0 saturated carbocycles. The molecule has 0 aromatic heterocycles. The Hall–Kier alpha value is -1.53. The van der Waals surface area contributed by atoms with E-state index in [2.05, 4.69) is 5.32 Å². The second kappa shape index (κ2) is 20.8. The minimum Gasteiger partial charge on any atom is -0.394 e. The van der Waals surface area contributed by atoms with Crippen LogP contribution in [0.1, 0.15) is 6.92 Å². The van der Waals surface area contributed by atoms with Gasteiger partial charge in [-0.2, -0.15) is 0 Å². The number of amides is 1. The van der Waals surface area contributed by atoms with Gasteiger partial charge in [-0.05, 0) is 0 Å². The maximum atomic E-state index is 12.3. The number of rotatable bonds is 14. The van der Waals surface area contributed by atoms with Crippen molar-refractivity contribution in [3.63, 3.8) is 0 Å². The standard InChI is InChI=1S/C32H55NO26/c1-7(39)33-13-17(43)24(56-30-21(47)18(44)14(40)8(2-34)52-30)12(6-38)55-29(13)58-26-15(41)9(3-35)54-32(22(26)48)59-27-16(42)10(4-36)53-31(23(27)49)57-25-11(5-37)51-28(50)20(46)19(25)45/h8-32,34-38,40-50H,2-6H2,1H3,(H,33,39)/t8-,9-,10-,11-,12-,13-,14+,15+,16+,17-,18+,19-,20-,21-,22-,23-,24-,25-,26+,27+,28-,29+,30+,31+,32-/m1/s1. The van der Waals surface area contributed by atoms with E-state index in [1.165, 1.54) is 0 Å². The van der Waals surface area contributed by atoms with Gasteiger partial charge < -0.3 is 130 Å². The molecule has 59 heavy (non-hydrogen) atoms. The van der Waals surface area contributed by atoms with E-state index in [9.17, 15) is 86.5 Å². The largest absolute Gasteiger partial charge is 0.394 e. The summed E-state index contributed by atoms with van der Waals surface area (Å²) in [6.07, 6.45) is -44.4. The Balaban J connectivity index is 1.35. The first-order chi connectivity index (χ1) is 27.9. The van der Waals surface area contributed by atoms with Crippen LogP contribution in [0.3, 0.4) is 0 Å². The quantitative estimate of drug-likeness (QED) is 0.0770. The van der Waals surface area contributed by atoms with Gasteiger partial charge in [0.25, 0.3) is 0 Å². The predicted octanol–water partition coefficient (Wildman–Crippen LogP) is -11.8. The smallest absolute Gasteiger partial charge is 0.217 e. The second-order valence-electron chi connectivity index (χ2n) is 14.7. The highest BCUT2D eigenvalue weighted by Crippen LogP contribution is 2.35. The van der Waals surface area contributed by atoms with Gasteiger partial charge in [0.15, 0.2) is 31.5 Å². The lowest BCUT2D eigenvalue weighted by molar-refractivity contribution is -0.389. The fraction of sp³-hybridized carbons (Fsp3) is 0.969. The minimum atomic E-state index is -2.17. The fourth-order valence-corrected chi connectivity index (χ4v) is 7.43. The zero-order chi connectivity index (χ0) is 43.6. The summed E-state index contributed by atoms with van der Waals surface area (Å²) in [7, 11) is 0. The summed E-state index contributed by atoms with van der Waals surface area (Å²) in [6, 6.07) is -1.69. The van der Waals surface area contributed by atoms with E-state index in [0.717, 1.165) is 6.92 Å². The maximum absolute atomic E-state index is 12.3. The topological polar surface area (TPSA) is 436 Å². The minimum absolute atomic E-state index is 0.802. The van der Waals surface area contributed by atoms with Gasteiger partial charge in [-0.15, -0.1) is 0 Å². The van der Waals surface area contributed by atoms with Crippen LogP contribution in [0.15, 0.2) is 0 Å². The summed E-state index contributed by atoms with van der Waals surface area (Å²) in [6.45, 7) is -3.57. The van der Waals surface area contributed by atoms with Crippen molar-refractivity contribution in [3.8, 4) is 0 Å². The highest BCUT2D eigenvalue weighted by molar-refractivity contribution is 5.73. The fourth-order valence-electron chi connectivity index (χ4n) is 7.43. The van der Waals surface area contributed by atoms with Crippen molar-refractivity contribution in [1.29, 1.82) is 0 Å². The first-order valence-corrected chi connectivity index (χ1v) is 18.6. The molecule has 5 aliphatic heterocycles. The van der Waals surface area contributed by atoms with E-state index in [4.69, 9.17) is 42.6 Å². The Morgan fingerprint density at radius 1 is 0.407 bits per heavy atom. The van der Waals surface area contributed by atoms with Crippen LogP contribution in [-0.4, -0.2) is 274 Å². The molecule has 5 aliphatic rings. The van der Waals surface area contributed by atoms with Gasteiger partial charge in [0, 0.05) is 6.92 Å². The predicted molar refractivity (Wildman–Crippen MR) is 178 cm³/mol. The summed E-state index contributed by atoms with van der Waals surface area (Å²) >= 11 is 0. The van der Waals surface area contributed by atoms with Crippen molar-refractivity contribution in [2.75, 3.05) is 33.0 Å². The SMILES string of the molecule is CC(=O)N[C@H]1[C@H](O[C@H]2[C@@H](O)[C@@H](CO)O[C@H](O[C@H]3[C@@H](O)[C@@H](CO)O[C@@H](O[C@H]4[C@H](O)[C@@H](O)[C@H](O)O[C@@H]4CO)[C@@H]3O)[C@@H]2O)O[C@H](CO)[C@@H](O[C@@H]2O[C@H](CO)[C@H](O)[C@H](O)[C@H]2O)[C@@H]1O. The van der Waals surface area contributed by atoms with E-state index >= 15 is 0 Å². The molecule has 25 atom stereocenters. The summed E-state index contributed by atoms with van der Waals surface area (Å²) in [4.78, 5) is 12.3. The highest BCUT2D eigenvalue weighted by Gasteiger charge is 2.57. The maximum Gasteiger partial charge on any atom is 0.217 e. The molecule has 5 saturated heterocycles. The third-order valence-corrected chi connectivity index (χ3v) is 10.7. The lowest BCUT2D eigenvalue weighted by Crippen LogP contribution is -2.70. The van der Waals surface area contributed by atoms with Crippen LogP contribution in [0.5, 0.6) is 0 Å². The molecule has 1 amide bonds. The zero-order valence-corrected chi connectivity index (χ0v) is 31.2. The van der Waals surface area contributed by atoms with E-state index in [0.29, 0.717) is 0 Å². The number of carbonyl (C=O) groups excluding carboxylic acids is 1. The zero-order valence-electron chi connectivity index (χ0n) is 31.2. The second-order valence-corrected chi connectivity index (χ2v) is 14.7. The first kappa shape index (κ1) is 48.5. The Morgan fingerprint density at radius 2 is 0.780 bits per heavy atom. The van der Waals surface area contributed by atoms with Crippen molar-refractivity contribution >= 4 is 5.91 Å². The van der Waals surface area contributed by atoms with Gasteiger partial charge in [-0.1, -0.05) is 0 Å². The Labute approximate surface area is 333 Å². The van der Waals surface area contributed by atoms with Crippen LogP contribution in [0.4, 0.5) is 0 Å². The van der Waals surface area contributed by atoms with Gasteiger partial charge in [0.1, 0.15) is 122 Å². The molecule has 27 heteroatoms. The van der Waals surface area contributed by atoms with Crippen molar-refractivity contribution in [2.45, 2.75) is 160 Å². The van der Waals surface area contributed by atoms with Gasteiger partial charge in [0.05, 0.1) is 33.0 Å². The molecule has 0 unspecified atom stereocenters. The molecule has 27 nitrogen and oxygen atoms in total. The number of aliphatic hydroxyl groups is 16. The lowest BCUT2D eigenvalue weighted by Gasteiger charge is -2.50. The van der Waals surface area contributed by atoms with Crippen molar-refractivity contribution in [2.24, 2.45) is 0 Å². The van der Waals surface area contributed by atoms with Crippen LogP contribution in [-0.2, 0) is 47.4 Å². The number of nitrogens with one attached hydrogen (secondary N) is 1. The molecule has 0 radical (unpaired) electrons. The molecule has 5 rings (SSSR count). The van der Waals surface area contributed by atoms with E-state index in [-0.39, 0.29) is 0 Å². The molecule has 0 spiro atoms. The van der Waals surface area contributed by atoms with Gasteiger partial charge >= 0.3 is 0 Å². The van der Waals surface area contributed by atoms with Crippen LogP contribution < -0.4 is 5.32 Å². The van der Waals surface area contributed by atoms with Crippen molar-refractivity contribution < 1.29 is 129 Å². The van der Waals surface area contributed by atoms with E-state index in [1.807, 2.05) is 0 Å². The lowest BCUT2D eigenvalue weighted by atomic mass is 9.94. The van der Waals surface area contributed by atoms with E-state index < -0.39 is 192 Å². The van der Waals surface area contributed by atoms with Crippen molar-refractivity contribution in [3.05, 3.63) is 0 Å². The number of hydrogen-bond acceptors (Lipinski definition) is 26. The van der Waals surface area contributed by atoms with Gasteiger partial charge in [-0.25, -0.2) is 0 Å². The summed E-state index contributed by atoms with van der Waals surface area (Å²) in [5.41, 5.74) is 0. The summed E-state index contributed by atoms with van der Waals surface area (Å²) < 4.78 is 50.0. The molecule has 5 heterocycles. The Kier molecular flexibility index (Phi) is 17.1. The number of ether oxygens (including phenoxy) is 9. The molecular weight excluding hydrogens is 814 g/mol. The number of carbonyl (C=O) groups is 1. The van der Waals surface area contributed by atoms with E-state index in [1.54, 1.807) is 0 Å². The molecule has 0 aliphatic carbocycles. The summed E-state index contributed by atoms with van der Waals surface area (Å²) in [5.74, 6) is -0.802. The highest BCUT2D eigenvalue weighted by atomic mass is 16.8. The third kappa shape index (κ3) is 10.2. The molecular formula is C32H55NO26. The third-order valence-electron chi connectivity index (χ3n) is 10.7. The molecule has 5 fully saturated rings. The first-order valence-electron chi connectivity index (χ1n) is 18.6. The summed E-state index contributed by atoms with van der Waals surface area (Å²) in [5, 5.41) is 170. The average Bonchev–Trinajstić information content (AvgIpc) is 3.21. The van der Waals surface area contributed by atoms with Crippen molar-refractivity contribution in [1.82, 2.24) is 5.32 Å². The molecule has 344 valence electrons. The molecule has 17 N–H and O–H groups in total. The van der Waals surface area contributed by atoms with Crippen LogP contribution in [0.2, 0.25) is 0 Å². The molecule has 0 aromatic rings. The number of hydrogen-bond donors (Lipinski definition) is 17. The normalized spacial score (nSPS) is 51.0. The van der Waals surface area contributed by atoms with Crippen LogP contribution in [0, 0.1) is 0 Å². The Bertz CT molecular complexity index is 1320. The molecule has 0 aromatic carbocycles. The number of aliphatic hydroxyl groups excluding tert-OH is 16. The Morgan fingerprint density at radius 3 is 1.24 bits per heavy atom. The van der Waals surface area contributed by atoms with Gasteiger partial charge in [-0.3, -0.25) is 4.79 Å². The average molecular weight is 870 g/mol. The monoisotopic (exact) mass is 869 g/mol. The van der Waals surface area contributed by atoms with Crippen LogP contribution in [0.25, 0.3) is 0 Å². The molecule has 0 bridgehead atoms.